The van der Waals surface area contributed by atoms with Gasteiger partial charge in [-0.1, -0.05) is 17.7 Å². The summed E-state index contributed by atoms with van der Waals surface area (Å²) in [6, 6.07) is 7.98. The number of carbonyl (C=O) groups excluding carboxylic acids is 1. The molecule has 0 radical (unpaired) electrons. The summed E-state index contributed by atoms with van der Waals surface area (Å²) < 4.78 is 1.83. The highest BCUT2D eigenvalue weighted by Crippen LogP contribution is 2.37. The number of halogens is 2. The van der Waals surface area contributed by atoms with Crippen LogP contribution in [0, 0.1) is 11.1 Å². The van der Waals surface area contributed by atoms with Crippen molar-refractivity contribution in [3.8, 4) is 0 Å². The van der Waals surface area contributed by atoms with Gasteiger partial charge in [-0.25, -0.2) is 0 Å². The number of nitrogens with one attached hydrogen (secondary N) is 1. The summed E-state index contributed by atoms with van der Waals surface area (Å²) in [7, 11) is 0. The Morgan fingerprint density at radius 2 is 1.85 bits per heavy atom. The van der Waals surface area contributed by atoms with E-state index in [1.54, 1.807) is 6.20 Å². The fourth-order valence-corrected chi connectivity index (χ4v) is 6.29. The standard InChI is InChI=1S/C25H30BrClN4O2/c26-20-14-19-2-1-18-15-21(27)3-4-22(18)25(24(19)31(33)16-20)30-11-9-29(10-12-30)23(32)13-17-5-7-28-8-6-17/h3-4,14-17,25,28H,1-2,5-13H2. The van der Waals surface area contributed by atoms with Gasteiger partial charge in [0.25, 0.3) is 0 Å². The molecule has 0 spiro atoms. The van der Waals surface area contributed by atoms with Crippen molar-refractivity contribution in [2.45, 2.75) is 38.1 Å². The first-order valence-electron chi connectivity index (χ1n) is 11.9. The van der Waals surface area contributed by atoms with Gasteiger partial charge in [0.15, 0.2) is 6.20 Å². The molecule has 2 aromatic rings. The molecule has 2 aliphatic heterocycles. The Morgan fingerprint density at radius 3 is 2.61 bits per heavy atom. The summed E-state index contributed by atoms with van der Waals surface area (Å²) in [5, 5.41) is 17.2. The van der Waals surface area contributed by atoms with Crippen molar-refractivity contribution in [2.75, 3.05) is 39.3 Å². The van der Waals surface area contributed by atoms with Crippen molar-refractivity contribution in [3.05, 3.63) is 67.5 Å². The quantitative estimate of drug-likeness (QED) is 0.485. The van der Waals surface area contributed by atoms with Gasteiger partial charge in [-0.2, -0.15) is 4.73 Å². The van der Waals surface area contributed by atoms with Crippen LogP contribution in [0.15, 0.2) is 34.9 Å². The number of hydrogen-bond acceptors (Lipinski definition) is 4. The van der Waals surface area contributed by atoms with E-state index in [0.717, 1.165) is 82.9 Å². The molecule has 1 aromatic carbocycles. The van der Waals surface area contributed by atoms with Crippen LogP contribution >= 0.6 is 27.5 Å². The second kappa shape index (κ2) is 9.90. The average Bonchev–Trinajstić information content (AvgIpc) is 2.96. The molecule has 33 heavy (non-hydrogen) atoms. The molecule has 176 valence electrons. The van der Waals surface area contributed by atoms with E-state index in [1.807, 2.05) is 17.0 Å². The lowest BCUT2D eigenvalue weighted by Gasteiger charge is -2.39. The van der Waals surface area contributed by atoms with E-state index in [-0.39, 0.29) is 11.9 Å². The molecule has 1 aromatic heterocycles. The molecule has 1 N–H and O–H groups in total. The van der Waals surface area contributed by atoms with E-state index in [9.17, 15) is 10.0 Å². The van der Waals surface area contributed by atoms with E-state index < -0.39 is 0 Å². The Morgan fingerprint density at radius 1 is 1.12 bits per heavy atom. The van der Waals surface area contributed by atoms with Gasteiger partial charge in [0.2, 0.25) is 11.6 Å². The molecule has 1 aliphatic carbocycles. The van der Waals surface area contributed by atoms with Crippen LogP contribution < -0.4 is 10.0 Å². The van der Waals surface area contributed by atoms with Crippen molar-refractivity contribution in [3.63, 3.8) is 0 Å². The normalized spacial score (nSPS) is 21.9. The minimum atomic E-state index is -0.137. The first-order valence-corrected chi connectivity index (χ1v) is 13.1. The van der Waals surface area contributed by atoms with Gasteiger partial charge in [0.1, 0.15) is 6.04 Å². The molecule has 3 heterocycles. The van der Waals surface area contributed by atoms with Crippen LogP contribution in [-0.4, -0.2) is 55.0 Å². The van der Waals surface area contributed by atoms with Crippen molar-refractivity contribution < 1.29 is 9.52 Å². The number of fused-ring (bicyclic) bond motifs is 2. The van der Waals surface area contributed by atoms with Gasteiger partial charge in [0, 0.05) is 43.2 Å². The van der Waals surface area contributed by atoms with Crippen LogP contribution in [0.5, 0.6) is 0 Å². The first-order chi connectivity index (χ1) is 16.0. The van der Waals surface area contributed by atoms with Crippen molar-refractivity contribution in [1.29, 1.82) is 0 Å². The zero-order chi connectivity index (χ0) is 22.9. The fraction of sp³-hybridized carbons (Fsp3) is 0.520. The van der Waals surface area contributed by atoms with E-state index in [0.29, 0.717) is 25.4 Å². The van der Waals surface area contributed by atoms with Crippen molar-refractivity contribution in [2.24, 2.45) is 5.92 Å². The third-order valence-electron chi connectivity index (χ3n) is 7.40. The van der Waals surface area contributed by atoms with E-state index in [2.05, 4.69) is 38.3 Å². The Labute approximate surface area is 208 Å². The molecule has 8 heteroatoms. The number of nitrogens with zero attached hydrogens (tertiary/aromatic N) is 3. The molecule has 6 nitrogen and oxygen atoms in total. The van der Waals surface area contributed by atoms with Gasteiger partial charge < -0.3 is 15.4 Å². The molecule has 1 atom stereocenters. The maximum Gasteiger partial charge on any atom is 0.222 e. The number of piperazine rings is 1. The van der Waals surface area contributed by atoms with E-state index in [4.69, 9.17) is 11.6 Å². The zero-order valence-electron chi connectivity index (χ0n) is 18.7. The molecule has 5 rings (SSSR count). The molecule has 1 unspecified atom stereocenters. The molecular formula is C25H30BrClN4O2. The Hall–Kier alpha value is -1.67. The van der Waals surface area contributed by atoms with Gasteiger partial charge in [-0.05, 0) is 89.9 Å². The van der Waals surface area contributed by atoms with Crippen LogP contribution in [0.4, 0.5) is 0 Å². The number of rotatable bonds is 3. The lowest BCUT2D eigenvalue weighted by molar-refractivity contribution is -0.617. The zero-order valence-corrected chi connectivity index (χ0v) is 21.1. The number of amides is 1. The summed E-state index contributed by atoms with van der Waals surface area (Å²) in [6.07, 6.45) is 6.08. The van der Waals surface area contributed by atoms with E-state index in [1.165, 1.54) is 5.56 Å². The smallest absolute Gasteiger partial charge is 0.222 e. The fourth-order valence-electron chi connectivity index (χ4n) is 5.63. The largest absolute Gasteiger partial charge is 0.618 e. The van der Waals surface area contributed by atoms with Crippen molar-refractivity contribution >= 4 is 33.4 Å². The van der Waals surface area contributed by atoms with Gasteiger partial charge in [-0.15, -0.1) is 0 Å². The Balaban J connectivity index is 1.38. The SMILES string of the molecule is O=C(CC1CCNCC1)N1CCN(C2c3ccc(Cl)cc3CCc3cc(Br)c[n+]([O-])c32)CC1. The van der Waals surface area contributed by atoms with E-state index >= 15 is 0 Å². The predicted molar refractivity (Wildman–Crippen MR) is 132 cm³/mol. The monoisotopic (exact) mass is 532 g/mol. The first kappa shape index (κ1) is 23.1. The second-order valence-electron chi connectivity index (χ2n) is 9.45. The minimum absolute atomic E-state index is 0.137. The van der Waals surface area contributed by atoms with Crippen LogP contribution in [0.25, 0.3) is 0 Å². The summed E-state index contributed by atoms with van der Waals surface area (Å²) in [5.74, 6) is 0.776. The summed E-state index contributed by atoms with van der Waals surface area (Å²) >= 11 is 9.82. The number of hydrogen-bond donors (Lipinski definition) is 1. The van der Waals surface area contributed by atoms with Crippen LogP contribution in [0.1, 0.15) is 47.7 Å². The average molecular weight is 534 g/mol. The molecule has 2 fully saturated rings. The lowest BCUT2D eigenvalue weighted by Crippen LogP contribution is -2.52. The Kier molecular flexibility index (Phi) is 6.93. The number of piperidine rings is 1. The third kappa shape index (κ3) is 4.92. The maximum absolute atomic E-state index is 13.1. The number of benzene rings is 1. The molecule has 3 aliphatic rings. The van der Waals surface area contributed by atoms with Crippen molar-refractivity contribution in [1.82, 2.24) is 15.1 Å². The predicted octanol–water partition coefficient (Wildman–Crippen LogP) is 3.46. The van der Waals surface area contributed by atoms with Gasteiger partial charge >= 0.3 is 0 Å². The summed E-state index contributed by atoms with van der Waals surface area (Å²) in [4.78, 5) is 17.3. The molecule has 0 bridgehead atoms. The number of aromatic nitrogens is 1. The van der Waals surface area contributed by atoms with Gasteiger partial charge in [-0.3, -0.25) is 9.69 Å². The molecular weight excluding hydrogens is 504 g/mol. The third-order valence-corrected chi connectivity index (χ3v) is 8.06. The molecule has 1 amide bonds. The number of aryl methyl sites for hydroxylation is 2. The topological polar surface area (TPSA) is 62.5 Å². The summed E-state index contributed by atoms with van der Waals surface area (Å²) in [5.41, 5.74) is 4.22. The van der Waals surface area contributed by atoms with Crippen LogP contribution in [0.3, 0.4) is 0 Å². The van der Waals surface area contributed by atoms with Crippen LogP contribution in [-0.2, 0) is 17.6 Å². The highest BCUT2D eigenvalue weighted by atomic mass is 79.9. The summed E-state index contributed by atoms with van der Waals surface area (Å²) in [6.45, 7) is 4.94. The maximum atomic E-state index is 13.1. The number of carbonyl (C=O) groups is 1. The lowest BCUT2D eigenvalue weighted by atomic mass is 9.93. The van der Waals surface area contributed by atoms with Gasteiger partial charge in [0.05, 0.1) is 4.47 Å². The highest BCUT2D eigenvalue weighted by molar-refractivity contribution is 9.10. The minimum Gasteiger partial charge on any atom is -0.618 e. The molecule has 2 saturated heterocycles. The van der Waals surface area contributed by atoms with Crippen LogP contribution in [0.2, 0.25) is 5.02 Å². The Bertz CT molecular complexity index is 1040. The molecule has 0 saturated carbocycles. The number of pyridine rings is 1. The highest BCUT2D eigenvalue weighted by Gasteiger charge is 2.37. The second-order valence-corrected chi connectivity index (χ2v) is 10.8.